The molecule has 6 nitrogen and oxygen atoms in total. The van der Waals surface area contributed by atoms with Crippen LogP contribution in [0.3, 0.4) is 0 Å². The second kappa shape index (κ2) is 10.9. The molecule has 1 aliphatic rings. The highest BCUT2D eigenvalue weighted by atomic mass is 16.5. The fraction of sp³-hybridized carbons (Fsp3) is 0.650. The van der Waals surface area contributed by atoms with Crippen LogP contribution in [0.2, 0.25) is 0 Å². The first-order valence-electron chi connectivity index (χ1n) is 9.70. The first-order valence-corrected chi connectivity index (χ1v) is 9.70. The van der Waals surface area contributed by atoms with Gasteiger partial charge in [-0.2, -0.15) is 0 Å². The Hall–Kier alpha value is -1.95. The maximum atomic E-state index is 12.0. The summed E-state index contributed by atoms with van der Waals surface area (Å²) in [4.78, 5) is 14.6. The predicted molar refractivity (Wildman–Crippen MR) is 105 cm³/mol. The molecule has 2 N–H and O–H groups in total. The van der Waals surface area contributed by atoms with Gasteiger partial charge in [-0.05, 0) is 70.3 Å². The minimum Gasteiger partial charge on any atom is -0.493 e. The van der Waals surface area contributed by atoms with E-state index < -0.39 is 0 Å². The van der Waals surface area contributed by atoms with Gasteiger partial charge in [-0.15, -0.1) is 0 Å². The zero-order valence-electron chi connectivity index (χ0n) is 16.3. The van der Waals surface area contributed by atoms with Crippen LogP contribution in [0.25, 0.3) is 0 Å². The van der Waals surface area contributed by atoms with E-state index in [1.807, 2.05) is 6.92 Å². The van der Waals surface area contributed by atoms with Crippen molar-refractivity contribution < 1.29 is 14.3 Å². The lowest BCUT2D eigenvalue weighted by Gasteiger charge is -2.30. The maximum absolute atomic E-state index is 12.0. The summed E-state index contributed by atoms with van der Waals surface area (Å²) in [5, 5.41) is 5.76. The molecule has 0 radical (unpaired) electrons. The first-order chi connectivity index (χ1) is 12.6. The van der Waals surface area contributed by atoms with Gasteiger partial charge in [-0.1, -0.05) is 6.92 Å². The average Bonchev–Trinajstić information content (AvgIpc) is 2.63. The molecule has 1 aliphatic heterocycles. The summed E-state index contributed by atoms with van der Waals surface area (Å²) in [6.45, 7) is 9.04. The largest absolute Gasteiger partial charge is 0.493 e. The van der Waals surface area contributed by atoms with Crippen molar-refractivity contribution in [1.29, 1.82) is 0 Å². The number of rotatable bonds is 9. The van der Waals surface area contributed by atoms with Crippen molar-refractivity contribution in [1.82, 2.24) is 10.2 Å². The monoisotopic (exact) mass is 363 g/mol. The molecule has 1 fully saturated rings. The number of carbonyl (C=O) groups excluding carboxylic acids is 1. The van der Waals surface area contributed by atoms with Crippen LogP contribution in [0.4, 0.5) is 10.5 Å². The lowest BCUT2D eigenvalue weighted by atomic mass is 9.99. The number of unbranched alkanes of at least 4 members (excludes halogenated alkanes) is 1. The van der Waals surface area contributed by atoms with E-state index in [1.165, 1.54) is 25.9 Å². The molecule has 146 valence electrons. The van der Waals surface area contributed by atoms with Crippen LogP contribution in [0.1, 0.15) is 39.5 Å². The molecule has 1 saturated heterocycles. The Bertz CT molecular complexity index is 557. The second-order valence-corrected chi connectivity index (χ2v) is 6.91. The Morgan fingerprint density at radius 3 is 2.69 bits per heavy atom. The molecule has 2 rings (SSSR count). The number of methoxy groups -OCH3 is 1. The number of hydrogen-bond donors (Lipinski definition) is 2. The third-order valence-electron chi connectivity index (χ3n) is 4.78. The van der Waals surface area contributed by atoms with Crippen molar-refractivity contribution in [3.05, 3.63) is 18.2 Å². The van der Waals surface area contributed by atoms with Crippen molar-refractivity contribution >= 4 is 11.7 Å². The summed E-state index contributed by atoms with van der Waals surface area (Å²) in [6, 6.07) is 5.18. The number of benzene rings is 1. The van der Waals surface area contributed by atoms with E-state index in [0.29, 0.717) is 30.3 Å². The molecule has 1 aromatic rings. The molecule has 26 heavy (non-hydrogen) atoms. The molecular formula is C20H33N3O3. The van der Waals surface area contributed by atoms with Crippen LogP contribution in [0.5, 0.6) is 11.5 Å². The molecule has 0 atom stereocenters. The number of likely N-dealkylation sites (tertiary alicyclic amines) is 1. The van der Waals surface area contributed by atoms with E-state index in [-0.39, 0.29) is 6.03 Å². The molecule has 0 unspecified atom stereocenters. The van der Waals surface area contributed by atoms with Gasteiger partial charge in [-0.3, -0.25) is 0 Å². The average molecular weight is 364 g/mol. The highest BCUT2D eigenvalue weighted by Gasteiger charge is 2.14. The second-order valence-electron chi connectivity index (χ2n) is 6.91. The van der Waals surface area contributed by atoms with Gasteiger partial charge in [0.1, 0.15) is 0 Å². The van der Waals surface area contributed by atoms with Crippen LogP contribution >= 0.6 is 0 Å². The van der Waals surface area contributed by atoms with Crippen LogP contribution < -0.4 is 20.1 Å². The van der Waals surface area contributed by atoms with E-state index in [2.05, 4.69) is 22.5 Å². The summed E-state index contributed by atoms with van der Waals surface area (Å²) >= 11 is 0. The van der Waals surface area contributed by atoms with E-state index in [4.69, 9.17) is 9.47 Å². The van der Waals surface area contributed by atoms with Crippen LogP contribution in [0.15, 0.2) is 18.2 Å². The number of piperidine rings is 1. The Morgan fingerprint density at radius 2 is 2.00 bits per heavy atom. The fourth-order valence-corrected chi connectivity index (χ4v) is 3.15. The van der Waals surface area contributed by atoms with Gasteiger partial charge in [0.2, 0.25) is 0 Å². The Kier molecular flexibility index (Phi) is 8.54. The summed E-state index contributed by atoms with van der Waals surface area (Å²) in [5.74, 6) is 2.16. The lowest BCUT2D eigenvalue weighted by molar-refractivity contribution is 0.189. The predicted octanol–water partition coefficient (Wildman–Crippen LogP) is 3.73. The molecule has 2 amide bonds. The number of ether oxygens (including phenoxy) is 2. The van der Waals surface area contributed by atoms with Crippen molar-refractivity contribution in [2.75, 3.05) is 45.2 Å². The molecule has 1 aromatic carbocycles. The molecule has 1 heterocycles. The van der Waals surface area contributed by atoms with Gasteiger partial charge in [0.05, 0.1) is 13.7 Å². The van der Waals surface area contributed by atoms with Gasteiger partial charge >= 0.3 is 6.03 Å². The molecule has 6 heteroatoms. The zero-order chi connectivity index (χ0) is 18.8. The van der Waals surface area contributed by atoms with Crippen molar-refractivity contribution in [3.63, 3.8) is 0 Å². The highest BCUT2D eigenvalue weighted by molar-refractivity contribution is 5.89. The standard InChI is InChI=1S/C20H33N3O3/c1-4-26-19-15-17(7-8-18(19)25-3)22-20(24)21-11-5-6-12-23-13-9-16(2)10-14-23/h7-8,15-16H,4-6,9-14H2,1-3H3,(H2,21,22,24). The summed E-state index contributed by atoms with van der Waals surface area (Å²) in [5.41, 5.74) is 0.689. The summed E-state index contributed by atoms with van der Waals surface area (Å²) in [6.07, 6.45) is 4.73. The van der Waals surface area contributed by atoms with Gasteiger partial charge in [0, 0.05) is 18.3 Å². The van der Waals surface area contributed by atoms with E-state index in [1.54, 1.807) is 25.3 Å². The topological polar surface area (TPSA) is 62.8 Å². The number of amides is 2. The van der Waals surface area contributed by atoms with Crippen LogP contribution in [-0.4, -0.2) is 50.8 Å². The number of nitrogens with one attached hydrogen (secondary N) is 2. The molecular weight excluding hydrogens is 330 g/mol. The normalized spacial score (nSPS) is 15.5. The lowest BCUT2D eigenvalue weighted by Crippen LogP contribution is -2.34. The minimum absolute atomic E-state index is 0.190. The Morgan fingerprint density at radius 1 is 1.23 bits per heavy atom. The number of nitrogens with zero attached hydrogens (tertiary/aromatic N) is 1. The van der Waals surface area contributed by atoms with E-state index in [9.17, 15) is 4.79 Å². The van der Waals surface area contributed by atoms with E-state index in [0.717, 1.165) is 25.3 Å². The van der Waals surface area contributed by atoms with Crippen molar-refractivity contribution in [2.45, 2.75) is 39.5 Å². The summed E-state index contributed by atoms with van der Waals surface area (Å²) in [7, 11) is 1.60. The smallest absolute Gasteiger partial charge is 0.319 e. The van der Waals surface area contributed by atoms with Gasteiger partial charge in [0.25, 0.3) is 0 Å². The molecule has 0 bridgehead atoms. The highest BCUT2D eigenvalue weighted by Crippen LogP contribution is 2.30. The number of carbonyl (C=O) groups is 1. The third kappa shape index (κ3) is 6.75. The molecule has 0 aliphatic carbocycles. The van der Waals surface area contributed by atoms with Crippen LogP contribution in [0, 0.1) is 5.92 Å². The quantitative estimate of drug-likeness (QED) is 0.656. The van der Waals surface area contributed by atoms with E-state index >= 15 is 0 Å². The Balaban J connectivity index is 1.65. The van der Waals surface area contributed by atoms with Crippen molar-refractivity contribution in [2.24, 2.45) is 5.92 Å². The fourth-order valence-electron chi connectivity index (χ4n) is 3.15. The number of urea groups is 1. The van der Waals surface area contributed by atoms with Gasteiger partial charge in [0.15, 0.2) is 11.5 Å². The molecule has 0 aromatic heterocycles. The van der Waals surface area contributed by atoms with Gasteiger partial charge < -0.3 is 25.0 Å². The SMILES string of the molecule is CCOc1cc(NC(=O)NCCCCN2CCC(C)CC2)ccc1OC. The van der Waals surface area contributed by atoms with Crippen molar-refractivity contribution in [3.8, 4) is 11.5 Å². The van der Waals surface area contributed by atoms with Gasteiger partial charge in [-0.25, -0.2) is 4.79 Å². The minimum atomic E-state index is -0.190. The zero-order valence-corrected chi connectivity index (χ0v) is 16.3. The van der Waals surface area contributed by atoms with Crippen LogP contribution in [-0.2, 0) is 0 Å². The third-order valence-corrected chi connectivity index (χ3v) is 4.78. The number of anilines is 1. The first kappa shape index (κ1) is 20.4. The Labute approximate surface area is 157 Å². The molecule has 0 saturated carbocycles. The molecule has 0 spiro atoms. The number of hydrogen-bond acceptors (Lipinski definition) is 4. The maximum Gasteiger partial charge on any atom is 0.319 e. The summed E-state index contributed by atoms with van der Waals surface area (Å²) < 4.78 is 10.8.